The van der Waals surface area contributed by atoms with Crippen LogP contribution in [0.4, 0.5) is 11.5 Å². The number of ether oxygens (including phenoxy) is 1. The summed E-state index contributed by atoms with van der Waals surface area (Å²) in [5.74, 6) is 2.13. The van der Waals surface area contributed by atoms with Crippen LogP contribution in [0.15, 0.2) is 61.1 Å². The van der Waals surface area contributed by atoms with Crippen molar-refractivity contribution in [1.29, 1.82) is 0 Å². The lowest BCUT2D eigenvalue weighted by Gasteiger charge is -2.07. The van der Waals surface area contributed by atoms with Gasteiger partial charge in [0.25, 0.3) is 5.69 Å². The Morgan fingerprint density at radius 2 is 1.89 bits per heavy atom. The highest BCUT2D eigenvalue weighted by Crippen LogP contribution is 2.35. The van der Waals surface area contributed by atoms with Crippen LogP contribution in [-0.2, 0) is 0 Å². The van der Waals surface area contributed by atoms with Gasteiger partial charge in [0.15, 0.2) is 0 Å². The zero-order chi connectivity index (χ0) is 19.7. The largest absolute Gasteiger partial charge is 0.497 e. The van der Waals surface area contributed by atoms with Crippen molar-refractivity contribution in [3.05, 3.63) is 71.2 Å². The predicted octanol–water partition coefficient (Wildman–Crippen LogP) is 4.05. The van der Waals surface area contributed by atoms with Crippen molar-refractivity contribution in [1.82, 2.24) is 14.5 Å². The molecule has 0 bridgehead atoms. The smallest absolute Gasteiger partial charge is 0.269 e. The molecule has 0 saturated heterocycles. The Hall–Kier alpha value is -3.94. The molecule has 0 aliphatic heterocycles. The molecule has 1 N–H and O–H groups in total. The first-order valence-electron chi connectivity index (χ1n) is 8.55. The molecule has 0 atom stereocenters. The molecular weight excluding hydrogens is 358 g/mol. The number of nitrogens with one attached hydrogen (secondary N) is 1. The van der Waals surface area contributed by atoms with Crippen molar-refractivity contribution in [2.45, 2.75) is 0 Å². The van der Waals surface area contributed by atoms with Gasteiger partial charge >= 0.3 is 0 Å². The molecule has 0 saturated carbocycles. The third-order valence-corrected chi connectivity index (χ3v) is 4.56. The lowest BCUT2D eigenvalue weighted by Crippen LogP contribution is -2.00. The normalized spacial score (nSPS) is 10.8. The van der Waals surface area contributed by atoms with E-state index in [0.29, 0.717) is 11.6 Å². The molecular formula is C20H17N5O3. The molecule has 2 aromatic carbocycles. The minimum absolute atomic E-state index is 0.0589. The van der Waals surface area contributed by atoms with E-state index in [1.54, 1.807) is 26.3 Å². The molecule has 4 aromatic rings. The van der Waals surface area contributed by atoms with Crippen LogP contribution in [0.2, 0.25) is 0 Å². The van der Waals surface area contributed by atoms with Gasteiger partial charge in [0.2, 0.25) is 0 Å². The molecule has 0 aliphatic carbocycles. The topological polar surface area (TPSA) is 95.1 Å². The third kappa shape index (κ3) is 3.01. The number of nitrogens with zero attached hydrogens (tertiary/aromatic N) is 4. The molecule has 8 heteroatoms. The van der Waals surface area contributed by atoms with Gasteiger partial charge in [0.1, 0.15) is 23.7 Å². The van der Waals surface area contributed by atoms with Crippen molar-refractivity contribution in [2.24, 2.45) is 0 Å². The van der Waals surface area contributed by atoms with E-state index in [0.717, 1.165) is 27.8 Å². The minimum atomic E-state index is -0.405. The SMILES string of the molecule is CNc1cc(-n2cc(-c3ccc([N+](=O)[O-])cc3)c3ccc(OC)cc32)ncn1. The van der Waals surface area contributed by atoms with Gasteiger partial charge in [-0.2, -0.15) is 0 Å². The van der Waals surface area contributed by atoms with Gasteiger partial charge in [-0.1, -0.05) is 0 Å². The molecule has 2 aromatic heterocycles. The second-order valence-corrected chi connectivity index (χ2v) is 6.11. The van der Waals surface area contributed by atoms with E-state index in [1.165, 1.54) is 18.5 Å². The summed E-state index contributed by atoms with van der Waals surface area (Å²) < 4.78 is 7.34. The molecule has 0 spiro atoms. The van der Waals surface area contributed by atoms with Crippen molar-refractivity contribution in [3.8, 4) is 22.7 Å². The van der Waals surface area contributed by atoms with Crippen molar-refractivity contribution >= 4 is 22.4 Å². The summed E-state index contributed by atoms with van der Waals surface area (Å²) in [7, 11) is 3.42. The molecule has 0 aliphatic rings. The van der Waals surface area contributed by atoms with Crippen LogP contribution in [0.3, 0.4) is 0 Å². The third-order valence-electron chi connectivity index (χ3n) is 4.56. The van der Waals surface area contributed by atoms with Gasteiger partial charge < -0.3 is 14.6 Å². The van der Waals surface area contributed by atoms with Crippen LogP contribution in [0.5, 0.6) is 5.75 Å². The fourth-order valence-corrected chi connectivity index (χ4v) is 3.13. The fourth-order valence-electron chi connectivity index (χ4n) is 3.13. The Morgan fingerprint density at radius 3 is 2.57 bits per heavy atom. The summed E-state index contributed by atoms with van der Waals surface area (Å²) in [6.45, 7) is 0. The van der Waals surface area contributed by atoms with E-state index >= 15 is 0 Å². The average molecular weight is 375 g/mol. The first kappa shape index (κ1) is 17.5. The Bertz CT molecular complexity index is 1170. The predicted molar refractivity (Wildman–Crippen MR) is 107 cm³/mol. The van der Waals surface area contributed by atoms with E-state index in [4.69, 9.17) is 4.74 Å². The Balaban J connectivity index is 1.93. The highest BCUT2D eigenvalue weighted by atomic mass is 16.6. The van der Waals surface area contributed by atoms with Crippen LogP contribution < -0.4 is 10.1 Å². The van der Waals surface area contributed by atoms with Crippen LogP contribution in [0, 0.1) is 10.1 Å². The first-order valence-corrected chi connectivity index (χ1v) is 8.55. The van der Waals surface area contributed by atoms with Crippen LogP contribution in [-0.4, -0.2) is 33.6 Å². The fraction of sp³-hybridized carbons (Fsp3) is 0.100. The van der Waals surface area contributed by atoms with Gasteiger partial charge in [-0.3, -0.25) is 10.1 Å². The number of benzene rings is 2. The Kier molecular flexibility index (Phi) is 4.36. The second-order valence-electron chi connectivity index (χ2n) is 6.11. The number of rotatable bonds is 5. The van der Waals surface area contributed by atoms with Gasteiger partial charge in [-0.05, 0) is 29.8 Å². The number of nitro benzene ring substituents is 1. The summed E-state index contributed by atoms with van der Waals surface area (Å²) in [4.78, 5) is 19.1. The van der Waals surface area contributed by atoms with E-state index in [2.05, 4.69) is 15.3 Å². The van der Waals surface area contributed by atoms with Crippen LogP contribution >= 0.6 is 0 Å². The van der Waals surface area contributed by atoms with Gasteiger partial charge in [-0.25, -0.2) is 9.97 Å². The van der Waals surface area contributed by atoms with E-state index in [1.807, 2.05) is 35.0 Å². The summed E-state index contributed by atoms with van der Waals surface area (Å²) >= 11 is 0. The maximum atomic E-state index is 10.9. The molecule has 2 heterocycles. The first-order chi connectivity index (χ1) is 13.6. The summed E-state index contributed by atoms with van der Waals surface area (Å²) in [5.41, 5.74) is 2.79. The Labute approximate surface area is 160 Å². The summed E-state index contributed by atoms with van der Waals surface area (Å²) in [6, 6.07) is 14.2. The van der Waals surface area contributed by atoms with Gasteiger partial charge in [-0.15, -0.1) is 0 Å². The quantitative estimate of drug-likeness (QED) is 0.418. The molecule has 0 radical (unpaired) electrons. The second kappa shape index (κ2) is 6.99. The molecule has 4 rings (SSSR count). The number of hydrogen-bond acceptors (Lipinski definition) is 6. The standard InChI is InChI=1S/C20H17N5O3/c1-21-19-10-20(23-12-22-19)24-11-17(13-3-5-14(6-4-13)25(26)27)16-8-7-15(28-2)9-18(16)24/h3-12H,1-2H3,(H,21,22,23). The lowest BCUT2D eigenvalue weighted by atomic mass is 10.0. The van der Waals surface area contributed by atoms with Crippen LogP contribution in [0.25, 0.3) is 27.8 Å². The maximum Gasteiger partial charge on any atom is 0.269 e. The van der Waals surface area contributed by atoms with E-state index in [-0.39, 0.29) is 5.69 Å². The highest BCUT2D eigenvalue weighted by Gasteiger charge is 2.15. The number of non-ortho nitro benzene ring substituents is 1. The number of nitro groups is 1. The lowest BCUT2D eigenvalue weighted by molar-refractivity contribution is -0.384. The number of anilines is 1. The zero-order valence-corrected chi connectivity index (χ0v) is 15.3. The summed E-state index contributed by atoms with van der Waals surface area (Å²) in [6.07, 6.45) is 3.46. The number of methoxy groups -OCH3 is 1. The molecule has 0 unspecified atom stereocenters. The van der Waals surface area contributed by atoms with E-state index in [9.17, 15) is 10.1 Å². The Morgan fingerprint density at radius 1 is 1.11 bits per heavy atom. The van der Waals surface area contributed by atoms with Crippen LogP contribution in [0.1, 0.15) is 0 Å². The number of fused-ring (bicyclic) bond motifs is 1. The molecule has 8 nitrogen and oxygen atoms in total. The monoisotopic (exact) mass is 375 g/mol. The van der Waals surface area contributed by atoms with Gasteiger partial charge in [0, 0.05) is 48.5 Å². The molecule has 0 amide bonds. The number of aromatic nitrogens is 3. The molecule has 140 valence electrons. The van der Waals surface area contributed by atoms with Gasteiger partial charge in [0.05, 0.1) is 17.5 Å². The highest BCUT2D eigenvalue weighted by molar-refractivity contribution is 5.97. The van der Waals surface area contributed by atoms with Crippen molar-refractivity contribution in [3.63, 3.8) is 0 Å². The van der Waals surface area contributed by atoms with Crippen molar-refractivity contribution in [2.75, 3.05) is 19.5 Å². The van der Waals surface area contributed by atoms with Crippen molar-refractivity contribution < 1.29 is 9.66 Å². The average Bonchev–Trinajstić information content (AvgIpc) is 3.12. The van der Waals surface area contributed by atoms with E-state index < -0.39 is 4.92 Å². The summed E-state index contributed by atoms with van der Waals surface area (Å²) in [5, 5.41) is 14.9. The molecule has 28 heavy (non-hydrogen) atoms. The number of hydrogen-bond donors (Lipinski definition) is 1. The maximum absolute atomic E-state index is 10.9. The minimum Gasteiger partial charge on any atom is -0.497 e. The zero-order valence-electron chi connectivity index (χ0n) is 15.3. The molecule has 0 fully saturated rings.